The molecule has 0 saturated heterocycles. The molecule has 0 amide bonds. The summed E-state index contributed by atoms with van der Waals surface area (Å²) in [5.41, 5.74) is 2.03. The van der Waals surface area contributed by atoms with E-state index in [2.05, 4.69) is 5.32 Å². The summed E-state index contributed by atoms with van der Waals surface area (Å²) in [4.78, 5) is 10.8. The summed E-state index contributed by atoms with van der Waals surface area (Å²) in [6.07, 6.45) is 1.59. The highest BCUT2D eigenvalue weighted by Gasteiger charge is 1.95. The molecule has 0 fully saturated rings. The summed E-state index contributed by atoms with van der Waals surface area (Å²) in [5, 5.41) is 3.17. The van der Waals surface area contributed by atoms with Gasteiger partial charge in [-0.15, -0.1) is 0 Å². The van der Waals surface area contributed by atoms with Gasteiger partial charge in [0.15, 0.2) is 5.78 Å². The number of ether oxygens (including phenoxy) is 1. The second-order valence-corrected chi connectivity index (χ2v) is 3.64. The fraction of sp³-hybridized carbons (Fsp3) is 0.308. The van der Waals surface area contributed by atoms with Crippen LogP contribution in [0.25, 0.3) is 0 Å². The van der Waals surface area contributed by atoms with Crippen molar-refractivity contribution < 1.29 is 9.53 Å². The summed E-state index contributed by atoms with van der Waals surface area (Å²) >= 11 is 0. The summed E-state index contributed by atoms with van der Waals surface area (Å²) in [5.74, 6) is 0.902. The van der Waals surface area contributed by atoms with Crippen molar-refractivity contribution in [1.82, 2.24) is 5.32 Å². The number of methoxy groups -OCH3 is 1. The van der Waals surface area contributed by atoms with Crippen LogP contribution < -0.4 is 10.1 Å². The van der Waals surface area contributed by atoms with Crippen molar-refractivity contribution in [2.75, 3.05) is 7.11 Å². The SMILES string of the molecule is COc1ccc(CN/C(C)=C\C(C)=O)cc1. The van der Waals surface area contributed by atoms with Crippen LogP contribution in [0.3, 0.4) is 0 Å². The van der Waals surface area contributed by atoms with Crippen molar-refractivity contribution in [3.05, 3.63) is 41.6 Å². The van der Waals surface area contributed by atoms with Crippen LogP contribution >= 0.6 is 0 Å². The Labute approximate surface area is 96.1 Å². The number of hydrogen-bond donors (Lipinski definition) is 1. The molecule has 0 aliphatic rings. The summed E-state index contributed by atoms with van der Waals surface area (Å²) in [6.45, 7) is 4.13. The lowest BCUT2D eigenvalue weighted by molar-refractivity contribution is -0.112. The van der Waals surface area contributed by atoms with Crippen LogP contribution in [0.2, 0.25) is 0 Å². The van der Waals surface area contributed by atoms with Crippen molar-refractivity contribution in [3.8, 4) is 5.75 Å². The minimum atomic E-state index is 0.0553. The summed E-state index contributed by atoms with van der Waals surface area (Å²) in [6, 6.07) is 7.82. The third kappa shape index (κ3) is 4.17. The fourth-order valence-corrected chi connectivity index (χ4v) is 1.34. The van der Waals surface area contributed by atoms with Gasteiger partial charge in [-0.25, -0.2) is 0 Å². The molecule has 0 radical (unpaired) electrons. The van der Waals surface area contributed by atoms with E-state index in [9.17, 15) is 4.79 Å². The number of rotatable bonds is 5. The standard InChI is InChI=1S/C13H17NO2/c1-10(8-11(2)15)14-9-12-4-6-13(16-3)7-5-12/h4-8,14H,9H2,1-3H3/b10-8-. The summed E-state index contributed by atoms with van der Waals surface area (Å²) < 4.78 is 5.07. The largest absolute Gasteiger partial charge is 0.497 e. The van der Waals surface area contributed by atoms with Gasteiger partial charge in [-0.2, -0.15) is 0 Å². The zero-order valence-corrected chi connectivity index (χ0v) is 9.91. The van der Waals surface area contributed by atoms with E-state index in [1.54, 1.807) is 20.1 Å². The average Bonchev–Trinajstić information content (AvgIpc) is 2.26. The van der Waals surface area contributed by atoms with Crippen molar-refractivity contribution in [2.24, 2.45) is 0 Å². The van der Waals surface area contributed by atoms with Gasteiger partial charge in [0.25, 0.3) is 0 Å². The first kappa shape index (κ1) is 12.3. The van der Waals surface area contributed by atoms with Gasteiger partial charge in [0, 0.05) is 12.2 Å². The van der Waals surface area contributed by atoms with Crippen LogP contribution in [0, 0.1) is 0 Å². The quantitative estimate of drug-likeness (QED) is 0.772. The van der Waals surface area contributed by atoms with Gasteiger partial charge in [0.05, 0.1) is 7.11 Å². The first-order chi connectivity index (χ1) is 7.61. The minimum absolute atomic E-state index is 0.0553. The molecule has 1 rings (SSSR count). The Bertz CT molecular complexity index is 379. The predicted octanol–water partition coefficient (Wildman–Crippen LogP) is 2.28. The van der Waals surface area contributed by atoms with Gasteiger partial charge in [0.1, 0.15) is 5.75 Å². The van der Waals surface area contributed by atoms with Crippen LogP contribution in [0.1, 0.15) is 19.4 Å². The molecule has 0 spiro atoms. The molecule has 3 nitrogen and oxygen atoms in total. The summed E-state index contributed by atoms with van der Waals surface area (Å²) in [7, 11) is 1.65. The first-order valence-electron chi connectivity index (χ1n) is 5.17. The predicted molar refractivity (Wildman–Crippen MR) is 64.3 cm³/mol. The normalized spacial score (nSPS) is 11.1. The number of hydrogen-bond acceptors (Lipinski definition) is 3. The van der Waals surface area contributed by atoms with Gasteiger partial charge >= 0.3 is 0 Å². The number of carbonyl (C=O) groups is 1. The smallest absolute Gasteiger partial charge is 0.154 e. The fourth-order valence-electron chi connectivity index (χ4n) is 1.34. The zero-order chi connectivity index (χ0) is 12.0. The number of allylic oxidation sites excluding steroid dienone is 2. The molecule has 0 aliphatic heterocycles. The van der Waals surface area contributed by atoms with Gasteiger partial charge in [-0.1, -0.05) is 12.1 Å². The van der Waals surface area contributed by atoms with Crippen LogP contribution in [0.15, 0.2) is 36.0 Å². The van der Waals surface area contributed by atoms with Crippen LogP contribution in [-0.4, -0.2) is 12.9 Å². The highest BCUT2D eigenvalue weighted by Crippen LogP contribution is 2.11. The molecule has 0 unspecified atom stereocenters. The van der Waals surface area contributed by atoms with E-state index in [0.717, 1.165) is 17.0 Å². The molecule has 0 atom stereocenters. The molecule has 0 bridgehead atoms. The lowest BCUT2D eigenvalue weighted by atomic mass is 10.2. The maximum Gasteiger partial charge on any atom is 0.154 e. The Kier molecular flexibility index (Phi) is 4.58. The molecular formula is C13H17NO2. The van der Waals surface area contributed by atoms with Crippen molar-refractivity contribution in [3.63, 3.8) is 0 Å². The van der Waals surface area contributed by atoms with Gasteiger partial charge in [-0.05, 0) is 37.6 Å². The van der Waals surface area contributed by atoms with Crippen LogP contribution in [0.4, 0.5) is 0 Å². The molecule has 1 aromatic rings. The lowest BCUT2D eigenvalue weighted by Crippen LogP contribution is -2.11. The number of carbonyl (C=O) groups excluding carboxylic acids is 1. The topological polar surface area (TPSA) is 38.3 Å². The van der Waals surface area contributed by atoms with E-state index in [0.29, 0.717) is 6.54 Å². The van der Waals surface area contributed by atoms with Gasteiger partial charge < -0.3 is 10.1 Å². The van der Waals surface area contributed by atoms with E-state index in [1.807, 2.05) is 31.2 Å². The Morgan fingerprint density at radius 1 is 1.31 bits per heavy atom. The zero-order valence-electron chi connectivity index (χ0n) is 9.91. The molecule has 0 aromatic heterocycles. The third-order valence-corrected chi connectivity index (χ3v) is 2.15. The van der Waals surface area contributed by atoms with E-state index in [4.69, 9.17) is 4.74 Å². The first-order valence-corrected chi connectivity index (χ1v) is 5.17. The number of ketones is 1. The van der Waals surface area contributed by atoms with E-state index >= 15 is 0 Å². The second kappa shape index (κ2) is 5.95. The highest BCUT2D eigenvalue weighted by molar-refractivity contribution is 5.87. The van der Waals surface area contributed by atoms with E-state index < -0.39 is 0 Å². The van der Waals surface area contributed by atoms with Crippen molar-refractivity contribution in [1.29, 1.82) is 0 Å². The van der Waals surface area contributed by atoms with E-state index in [1.165, 1.54) is 0 Å². The minimum Gasteiger partial charge on any atom is -0.497 e. The molecule has 1 N–H and O–H groups in total. The number of benzene rings is 1. The monoisotopic (exact) mass is 219 g/mol. The average molecular weight is 219 g/mol. The molecular weight excluding hydrogens is 202 g/mol. The third-order valence-electron chi connectivity index (χ3n) is 2.15. The van der Waals surface area contributed by atoms with Crippen molar-refractivity contribution >= 4 is 5.78 Å². The van der Waals surface area contributed by atoms with Gasteiger partial charge in [0.2, 0.25) is 0 Å². The Hall–Kier alpha value is -1.77. The molecule has 0 heterocycles. The molecule has 16 heavy (non-hydrogen) atoms. The Morgan fingerprint density at radius 2 is 1.94 bits per heavy atom. The van der Waals surface area contributed by atoms with E-state index in [-0.39, 0.29) is 5.78 Å². The van der Waals surface area contributed by atoms with Crippen LogP contribution in [-0.2, 0) is 11.3 Å². The molecule has 0 saturated carbocycles. The van der Waals surface area contributed by atoms with Gasteiger partial charge in [-0.3, -0.25) is 4.79 Å². The molecule has 86 valence electrons. The maximum absolute atomic E-state index is 10.8. The second-order valence-electron chi connectivity index (χ2n) is 3.64. The highest BCUT2D eigenvalue weighted by atomic mass is 16.5. The van der Waals surface area contributed by atoms with Crippen molar-refractivity contribution in [2.45, 2.75) is 20.4 Å². The Balaban J connectivity index is 2.51. The molecule has 0 aliphatic carbocycles. The molecule has 1 aromatic carbocycles. The van der Waals surface area contributed by atoms with Crippen LogP contribution in [0.5, 0.6) is 5.75 Å². The molecule has 3 heteroatoms. The maximum atomic E-state index is 10.8. The number of nitrogens with one attached hydrogen (secondary N) is 1. The Morgan fingerprint density at radius 3 is 2.44 bits per heavy atom. The lowest BCUT2D eigenvalue weighted by Gasteiger charge is -2.07.